The van der Waals surface area contributed by atoms with Gasteiger partial charge in [0.1, 0.15) is 4.88 Å². The van der Waals surface area contributed by atoms with Crippen LogP contribution < -0.4 is 5.32 Å². The lowest BCUT2D eigenvalue weighted by Gasteiger charge is -2.25. The smallest absolute Gasteiger partial charge is 0.268 e. The molecule has 30 heavy (non-hydrogen) atoms. The number of benzene rings is 2. The molecule has 6 heteroatoms. The molecule has 0 spiro atoms. The Morgan fingerprint density at radius 1 is 1.03 bits per heavy atom. The number of fused-ring (bicyclic) bond motifs is 1. The number of rotatable bonds is 5. The Bertz CT molecular complexity index is 1150. The van der Waals surface area contributed by atoms with Gasteiger partial charge in [-0.05, 0) is 22.6 Å². The molecule has 1 aliphatic rings. The molecule has 0 atom stereocenters. The summed E-state index contributed by atoms with van der Waals surface area (Å²) in [6.07, 6.45) is 0.919. The highest BCUT2D eigenvalue weighted by Crippen LogP contribution is 2.32. The van der Waals surface area contributed by atoms with E-state index in [1.54, 1.807) is 11.3 Å². The summed E-state index contributed by atoms with van der Waals surface area (Å²) in [6, 6.07) is 22.6. The molecule has 0 aliphatic carbocycles. The van der Waals surface area contributed by atoms with Gasteiger partial charge in [-0.1, -0.05) is 60.7 Å². The van der Waals surface area contributed by atoms with Crippen LogP contribution in [0.4, 0.5) is 5.13 Å². The summed E-state index contributed by atoms with van der Waals surface area (Å²) in [6.45, 7) is 2.81. The number of amides is 1. The van der Waals surface area contributed by atoms with Crippen molar-refractivity contribution in [2.45, 2.75) is 19.5 Å². The fourth-order valence-electron chi connectivity index (χ4n) is 3.76. The molecule has 0 saturated heterocycles. The minimum Gasteiger partial charge on any atom is -0.297 e. The van der Waals surface area contributed by atoms with Crippen LogP contribution in [0.15, 0.2) is 72.1 Å². The molecule has 0 saturated carbocycles. The van der Waals surface area contributed by atoms with Crippen molar-refractivity contribution in [3.8, 4) is 11.1 Å². The average molecular weight is 432 g/mol. The summed E-state index contributed by atoms with van der Waals surface area (Å²) in [5.74, 6) is -0.0870. The molecule has 0 bridgehead atoms. The van der Waals surface area contributed by atoms with Gasteiger partial charge in [-0.2, -0.15) is 0 Å². The molecule has 1 aliphatic heterocycles. The Labute approximate surface area is 183 Å². The predicted molar refractivity (Wildman–Crippen MR) is 124 cm³/mol. The Morgan fingerprint density at radius 2 is 1.80 bits per heavy atom. The Kier molecular flexibility index (Phi) is 5.45. The molecule has 2 aromatic heterocycles. The van der Waals surface area contributed by atoms with Gasteiger partial charge >= 0.3 is 0 Å². The lowest BCUT2D eigenvalue weighted by atomic mass is 10.1. The van der Waals surface area contributed by atoms with E-state index in [2.05, 4.69) is 34.5 Å². The van der Waals surface area contributed by atoms with Crippen LogP contribution in [0.25, 0.3) is 11.1 Å². The van der Waals surface area contributed by atoms with Crippen molar-refractivity contribution in [3.63, 3.8) is 0 Å². The topological polar surface area (TPSA) is 45.2 Å². The van der Waals surface area contributed by atoms with E-state index < -0.39 is 0 Å². The van der Waals surface area contributed by atoms with E-state index >= 15 is 0 Å². The zero-order valence-electron chi connectivity index (χ0n) is 16.4. The maximum atomic E-state index is 12.9. The SMILES string of the molecule is O=C(Nc1nc2c(s1)CN(Cc1ccccc1)CC2)c1sccc1-c1ccccc1. The van der Waals surface area contributed by atoms with Crippen LogP contribution in [0.3, 0.4) is 0 Å². The number of nitrogens with one attached hydrogen (secondary N) is 1. The van der Waals surface area contributed by atoms with Crippen LogP contribution in [-0.2, 0) is 19.5 Å². The van der Waals surface area contributed by atoms with Gasteiger partial charge in [0.25, 0.3) is 5.91 Å². The molecule has 1 amide bonds. The van der Waals surface area contributed by atoms with Gasteiger partial charge in [0, 0.05) is 36.5 Å². The first-order valence-corrected chi connectivity index (χ1v) is 11.6. The zero-order valence-corrected chi connectivity index (χ0v) is 18.0. The second-order valence-corrected chi connectivity index (χ2v) is 9.32. The quantitative estimate of drug-likeness (QED) is 0.442. The third-order valence-electron chi connectivity index (χ3n) is 5.24. The third-order valence-corrected chi connectivity index (χ3v) is 7.15. The van der Waals surface area contributed by atoms with Gasteiger partial charge in [-0.15, -0.1) is 22.7 Å². The molecule has 2 aromatic carbocycles. The zero-order chi connectivity index (χ0) is 20.3. The van der Waals surface area contributed by atoms with Gasteiger partial charge in [-0.3, -0.25) is 15.0 Å². The van der Waals surface area contributed by atoms with Gasteiger partial charge in [0.15, 0.2) is 5.13 Å². The summed E-state index contributed by atoms with van der Waals surface area (Å²) in [5, 5.41) is 5.69. The summed E-state index contributed by atoms with van der Waals surface area (Å²) < 4.78 is 0. The molecule has 1 N–H and O–H groups in total. The maximum Gasteiger partial charge on any atom is 0.268 e. The number of aromatic nitrogens is 1. The largest absolute Gasteiger partial charge is 0.297 e. The van der Waals surface area contributed by atoms with E-state index in [1.165, 1.54) is 21.8 Å². The summed E-state index contributed by atoms with van der Waals surface area (Å²) in [7, 11) is 0. The van der Waals surface area contributed by atoms with Crippen molar-refractivity contribution in [2.75, 3.05) is 11.9 Å². The lowest BCUT2D eigenvalue weighted by molar-refractivity contribution is 0.103. The number of hydrogen-bond acceptors (Lipinski definition) is 5. The van der Waals surface area contributed by atoms with Crippen molar-refractivity contribution < 1.29 is 4.79 Å². The summed E-state index contributed by atoms with van der Waals surface area (Å²) >= 11 is 3.06. The highest BCUT2D eigenvalue weighted by molar-refractivity contribution is 7.16. The van der Waals surface area contributed by atoms with E-state index in [4.69, 9.17) is 4.98 Å². The number of anilines is 1. The molecule has 3 heterocycles. The Morgan fingerprint density at radius 3 is 2.60 bits per heavy atom. The molecule has 150 valence electrons. The third kappa shape index (κ3) is 4.07. The average Bonchev–Trinajstić information content (AvgIpc) is 3.41. The van der Waals surface area contributed by atoms with Gasteiger partial charge in [0.05, 0.1) is 5.69 Å². The Hall–Kier alpha value is -2.80. The second-order valence-electron chi connectivity index (χ2n) is 7.32. The first-order chi connectivity index (χ1) is 14.8. The lowest BCUT2D eigenvalue weighted by Crippen LogP contribution is -2.29. The minimum absolute atomic E-state index is 0.0870. The molecular formula is C24H21N3OS2. The van der Waals surface area contributed by atoms with Crippen LogP contribution in [0.1, 0.15) is 25.8 Å². The van der Waals surface area contributed by atoms with Crippen molar-refractivity contribution in [1.29, 1.82) is 0 Å². The second kappa shape index (κ2) is 8.52. The molecule has 0 fully saturated rings. The fourth-order valence-corrected chi connectivity index (χ4v) is 5.62. The molecule has 0 radical (unpaired) electrons. The van der Waals surface area contributed by atoms with E-state index in [9.17, 15) is 4.79 Å². The minimum atomic E-state index is -0.0870. The number of carbonyl (C=O) groups excluding carboxylic acids is 1. The van der Waals surface area contributed by atoms with Crippen LogP contribution in [-0.4, -0.2) is 22.3 Å². The van der Waals surface area contributed by atoms with Crippen molar-refractivity contribution in [3.05, 3.63) is 93.1 Å². The Balaban J connectivity index is 1.29. The van der Waals surface area contributed by atoms with Crippen LogP contribution in [0, 0.1) is 0 Å². The first kappa shape index (κ1) is 19.2. The van der Waals surface area contributed by atoms with E-state index in [0.717, 1.165) is 47.8 Å². The molecule has 4 aromatic rings. The van der Waals surface area contributed by atoms with Crippen LogP contribution in [0.5, 0.6) is 0 Å². The number of thiophene rings is 1. The van der Waals surface area contributed by atoms with Gasteiger partial charge < -0.3 is 0 Å². The molecular weight excluding hydrogens is 410 g/mol. The summed E-state index contributed by atoms with van der Waals surface area (Å²) in [5.41, 5.74) is 4.46. The molecule has 5 rings (SSSR count). The predicted octanol–water partition coefficient (Wildman–Crippen LogP) is 5.68. The van der Waals surface area contributed by atoms with E-state index in [-0.39, 0.29) is 5.91 Å². The van der Waals surface area contributed by atoms with E-state index in [1.807, 2.05) is 47.8 Å². The normalized spacial score (nSPS) is 13.7. The highest BCUT2D eigenvalue weighted by Gasteiger charge is 2.22. The summed E-state index contributed by atoms with van der Waals surface area (Å²) in [4.78, 5) is 22.1. The van der Waals surface area contributed by atoms with Gasteiger partial charge in [-0.25, -0.2) is 4.98 Å². The number of thiazole rings is 1. The standard InChI is InChI=1S/C24H21N3OS2/c28-23(22-19(12-14-29-22)18-9-5-2-6-10-18)26-24-25-20-11-13-27(16-21(20)30-24)15-17-7-3-1-4-8-17/h1-10,12,14H,11,13,15-16H2,(H,25,26,28). The number of hydrogen-bond donors (Lipinski definition) is 1. The number of nitrogens with zero attached hydrogens (tertiary/aromatic N) is 2. The maximum absolute atomic E-state index is 12.9. The monoisotopic (exact) mass is 431 g/mol. The van der Waals surface area contributed by atoms with Crippen LogP contribution >= 0.6 is 22.7 Å². The van der Waals surface area contributed by atoms with E-state index in [0.29, 0.717) is 5.13 Å². The van der Waals surface area contributed by atoms with Crippen molar-refractivity contribution in [2.24, 2.45) is 0 Å². The molecule has 0 unspecified atom stereocenters. The molecule has 4 nitrogen and oxygen atoms in total. The van der Waals surface area contributed by atoms with Gasteiger partial charge in [0.2, 0.25) is 0 Å². The number of carbonyl (C=O) groups is 1. The van der Waals surface area contributed by atoms with Crippen molar-refractivity contribution in [1.82, 2.24) is 9.88 Å². The van der Waals surface area contributed by atoms with Crippen molar-refractivity contribution >= 4 is 33.7 Å². The fraction of sp³-hybridized carbons (Fsp3) is 0.167. The van der Waals surface area contributed by atoms with Crippen LogP contribution in [0.2, 0.25) is 0 Å². The highest BCUT2D eigenvalue weighted by atomic mass is 32.1. The first-order valence-electron chi connectivity index (χ1n) is 9.95.